The lowest BCUT2D eigenvalue weighted by Gasteiger charge is -2.35. The first-order valence-corrected chi connectivity index (χ1v) is 10.1. The average Bonchev–Trinajstić information content (AvgIpc) is 2.76. The van der Waals surface area contributed by atoms with Crippen LogP contribution in [0.4, 0.5) is 10.2 Å². The van der Waals surface area contributed by atoms with Gasteiger partial charge < -0.3 is 20.7 Å². The van der Waals surface area contributed by atoms with Crippen LogP contribution in [0.15, 0.2) is 48.5 Å². The van der Waals surface area contributed by atoms with E-state index in [1.165, 1.54) is 6.07 Å². The predicted octanol–water partition coefficient (Wildman–Crippen LogP) is 3.28. The van der Waals surface area contributed by atoms with Crippen LogP contribution in [0.2, 0.25) is 0 Å². The highest BCUT2D eigenvalue weighted by Gasteiger charge is 2.22. The summed E-state index contributed by atoms with van der Waals surface area (Å²) in [5.74, 6) is 0.660. The fourth-order valence-electron chi connectivity index (χ4n) is 3.51. The molecule has 4 rings (SSSR count). The Balaban J connectivity index is 1.63. The largest absolute Gasteiger partial charge is 0.454 e. The Morgan fingerprint density at radius 3 is 2.65 bits per heavy atom. The molecule has 8 heteroatoms. The van der Waals surface area contributed by atoms with Crippen molar-refractivity contribution in [3.05, 3.63) is 65.6 Å². The first-order valence-electron chi connectivity index (χ1n) is 10.1. The lowest BCUT2D eigenvalue weighted by Crippen LogP contribution is -2.50. The first kappa shape index (κ1) is 20.7. The van der Waals surface area contributed by atoms with Crippen LogP contribution in [0.5, 0.6) is 11.5 Å². The van der Waals surface area contributed by atoms with Crippen LogP contribution in [-0.2, 0) is 0 Å². The molecular weight excluding hydrogens is 397 g/mol. The maximum atomic E-state index is 14.1. The van der Waals surface area contributed by atoms with Gasteiger partial charge in [0.1, 0.15) is 17.3 Å². The zero-order valence-electron chi connectivity index (χ0n) is 17.4. The minimum absolute atomic E-state index is 0.153. The number of amides is 1. The summed E-state index contributed by atoms with van der Waals surface area (Å²) in [6.07, 6.45) is 0. The van der Waals surface area contributed by atoms with E-state index in [0.717, 1.165) is 25.2 Å². The van der Waals surface area contributed by atoms with Crippen molar-refractivity contribution in [2.45, 2.75) is 19.9 Å². The highest BCUT2D eigenvalue weighted by molar-refractivity contribution is 5.92. The van der Waals surface area contributed by atoms with Gasteiger partial charge in [0.2, 0.25) is 0 Å². The first-order chi connectivity index (χ1) is 14.9. The number of nitrogens with zero attached hydrogens (tertiary/aromatic N) is 3. The Labute approximate surface area is 180 Å². The lowest BCUT2D eigenvalue weighted by molar-refractivity contribution is 0.0995. The number of hydrogen-bond donors (Lipinski definition) is 2. The van der Waals surface area contributed by atoms with E-state index in [0.29, 0.717) is 23.0 Å². The van der Waals surface area contributed by atoms with E-state index >= 15 is 0 Å². The van der Waals surface area contributed by atoms with Gasteiger partial charge in [-0.15, -0.1) is 0 Å². The summed E-state index contributed by atoms with van der Waals surface area (Å²) in [7, 11) is 0. The van der Waals surface area contributed by atoms with Crippen LogP contribution >= 0.6 is 0 Å². The highest BCUT2D eigenvalue weighted by atomic mass is 19.1. The van der Waals surface area contributed by atoms with Crippen LogP contribution in [0, 0.1) is 12.7 Å². The SMILES string of the molecule is Cc1ccc(Oc2ccc(-c3nc(C(N)=O)cc(N4CCNCC4C)n3)cc2)c(F)c1. The van der Waals surface area contributed by atoms with Crippen molar-refractivity contribution in [2.24, 2.45) is 5.73 Å². The molecule has 2 aromatic carbocycles. The van der Waals surface area contributed by atoms with E-state index in [1.54, 1.807) is 42.5 Å². The monoisotopic (exact) mass is 421 g/mol. The molecule has 160 valence electrons. The van der Waals surface area contributed by atoms with Crippen molar-refractivity contribution >= 4 is 11.7 Å². The number of piperazine rings is 1. The number of nitrogens with one attached hydrogen (secondary N) is 1. The number of carbonyl (C=O) groups excluding carboxylic acids is 1. The van der Waals surface area contributed by atoms with Gasteiger partial charge in [-0.2, -0.15) is 0 Å². The van der Waals surface area contributed by atoms with E-state index < -0.39 is 11.7 Å². The van der Waals surface area contributed by atoms with Gasteiger partial charge in [0.25, 0.3) is 5.91 Å². The molecule has 0 bridgehead atoms. The molecule has 2 heterocycles. The minimum atomic E-state index is -0.609. The molecule has 1 aliphatic heterocycles. The number of aromatic nitrogens is 2. The van der Waals surface area contributed by atoms with E-state index in [4.69, 9.17) is 10.5 Å². The smallest absolute Gasteiger partial charge is 0.267 e. The lowest BCUT2D eigenvalue weighted by atomic mass is 10.1. The molecular formula is C23H24FN5O2. The fraction of sp³-hybridized carbons (Fsp3) is 0.261. The third-order valence-electron chi connectivity index (χ3n) is 5.19. The van der Waals surface area contributed by atoms with Gasteiger partial charge in [-0.3, -0.25) is 4.79 Å². The van der Waals surface area contributed by atoms with Gasteiger partial charge in [0.15, 0.2) is 17.4 Å². The quantitative estimate of drug-likeness (QED) is 0.657. The minimum Gasteiger partial charge on any atom is -0.454 e. The summed E-state index contributed by atoms with van der Waals surface area (Å²) in [5.41, 5.74) is 7.19. The standard InChI is InChI=1S/C23H24FN5O2/c1-14-3-8-20(18(24)11-14)31-17-6-4-16(5-7-17)23-27-19(22(25)30)12-21(28-23)29-10-9-26-13-15(29)2/h3-8,11-12,15,26H,9-10,13H2,1-2H3,(H2,25,30). The molecule has 7 nitrogen and oxygen atoms in total. The van der Waals surface area contributed by atoms with E-state index in [1.807, 2.05) is 6.92 Å². The van der Waals surface area contributed by atoms with Crippen LogP contribution in [0.1, 0.15) is 23.0 Å². The summed E-state index contributed by atoms with van der Waals surface area (Å²) in [4.78, 5) is 23.0. The van der Waals surface area contributed by atoms with Crippen molar-refractivity contribution in [3.8, 4) is 22.9 Å². The molecule has 1 fully saturated rings. The van der Waals surface area contributed by atoms with Crippen LogP contribution in [0.25, 0.3) is 11.4 Å². The third kappa shape index (κ3) is 4.64. The second-order valence-corrected chi connectivity index (χ2v) is 7.61. The summed E-state index contributed by atoms with van der Waals surface area (Å²) in [6, 6.07) is 13.6. The second-order valence-electron chi connectivity index (χ2n) is 7.61. The van der Waals surface area contributed by atoms with Gasteiger partial charge in [0, 0.05) is 37.3 Å². The van der Waals surface area contributed by atoms with Crippen molar-refractivity contribution < 1.29 is 13.9 Å². The fourth-order valence-corrected chi connectivity index (χ4v) is 3.51. The van der Waals surface area contributed by atoms with Crippen molar-refractivity contribution in [3.63, 3.8) is 0 Å². The number of ether oxygens (including phenoxy) is 1. The van der Waals surface area contributed by atoms with Crippen LogP contribution in [-0.4, -0.2) is 41.6 Å². The molecule has 3 aromatic rings. The molecule has 3 N–H and O–H groups in total. The zero-order valence-corrected chi connectivity index (χ0v) is 17.4. The number of aryl methyl sites for hydroxylation is 1. The number of primary amides is 1. The van der Waals surface area contributed by atoms with Gasteiger partial charge in [-0.25, -0.2) is 14.4 Å². The molecule has 0 spiro atoms. The van der Waals surface area contributed by atoms with Crippen LogP contribution in [0.3, 0.4) is 0 Å². The van der Waals surface area contributed by atoms with E-state index in [9.17, 15) is 9.18 Å². The number of halogens is 1. The number of carbonyl (C=O) groups is 1. The maximum absolute atomic E-state index is 14.1. The normalized spacial score (nSPS) is 16.2. The molecule has 0 radical (unpaired) electrons. The molecule has 1 aliphatic rings. The number of benzene rings is 2. The van der Waals surface area contributed by atoms with Gasteiger partial charge in [-0.1, -0.05) is 6.07 Å². The molecule has 1 aromatic heterocycles. The number of hydrogen-bond acceptors (Lipinski definition) is 6. The summed E-state index contributed by atoms with van der Waals surface area (Å²) < 4.78 is 19.7. The van der Waals surface area contributed by atoms with Gasteiger partial charge >= 0.3 is 0 Å². The molecule has 0 saturated carbocycles. The summed E-state index contributed by atoms with van der Waals surface area (Å²) in [5, 5.41) is 3.33. The Bertz CT molecular complexity index is 1100. The number of nitrogens with two attached hydrogens (primary N) is 1. The Morgan fingerprint density at radius 1 is 1.19 bits per heavy atom. The molecule has 31 heavy (non-hydrogen) atoms. The summed E-state index contributed by atoms with van der Waals surface area (Å²) in [6.45, 7) is 6.33. The van der Waals surface area contributed by atoms with Crippen molar-refractivity contribution in [2.75, 3.05) is 24.5 Å². The third-order valence-corrected chi connectivity index (χ3v) is 5.19. The average molecular weight is 421 g/mol. The molecule has 1 amide bonds. The second kappa shape index (κ2) is 8.69. The Kier molecular flexibility index (Phi) is 5.81. The molecule has 1 unspecified atom stereocenters. The Morgan fingerprint density at radius 2 is 1.97 bits per heavy atom. The molecule has 1 saturated heterocycles. The molecule has 0 aliphatic carbocycles. The van der Waals surface area contributed by atoms with Crippen LogP contribution < -0.4 is 20.7 Å². The van der Waals surface area contributed by atoms with Crippen molar-refractivity contribution in [1.82, 2.24) is 15.3 Å². The molecule has 1 atom stereocenters. The van der Waals surface area contributed by atoms with Crippen molar-refractivity contribution in [1.29, 1.82) is 0 Å². The highest BCUT2D eigenvalue weighted by Crippen LogP contribution is 2.28. The van der Waals surface area contributed by atoms with E-state index in [-0.39, 0.29) is 17.5 Å². The summed E-state index contributed by atoms with van der Waals surface area (Å²) >= 11 is 0. The predicted molar refractivity (Wildman–Crippen MR) is 117 cm³/mol. The zero-order chi connectivity index (χ0) is 22.0. The topological polar surface area (TPSA) is 93.4 Å². The van der Waals surface area contributed by atoms with Gasteiger partial charge in [0.05, 0.1) is 0 Å². The Hall–Kier alpha value is -3.52. The van der Waals surface area contributed by atoms with E-state index in [2.05, 4.69) is 27.1 Å². The number of rotatable bonds is 5. The number of anilines is 1. The van der Waals surface area contributed by atoms with Gasteiger partial charge in [-0.05, 0) is 55.8 Å². The maximum Gasteiger partial charge on any atom is 0.267 e.